The number of carbonyl (C=O) groups excluding carboxylic acids is 2. The van der Waals surface area contributed by atoms with Crippen molar-refractivity contribution < 1.29 is 14.7 Å². The number of aliphatic hydroxyl groups is 1. The lowest BCUT2D eigenvalue weighted by atomic mass is 10.1. The van der Waals surface area contributed by atoms with Gasteiger partial charge in [-0.1, -0.05) is 12.1 Å². The van der Waals surface area contributed by atoms with Crippen LogP contribution in [0.3, 0.4) is 0 Å². The molecule has 1 aromatic rings. The molecule has 90 valence electrons. The number of ketones is 1. The highest BCUT2D eigenvalue weighted by molar-refractivity contribution is 5.99. The molecule has 0 unspecified atom stereocenters. The fraction of sp³-hybridized carbons (Fsp3) is 0.385. The van der Waals surface area contributed by atoms with Crippen LogP contribution in [0.4, 0.5) is 5.69 Å². The monoisotopic (exact) mass is 233 g/mol. The molecule has 1 amide bonds. The van der Waals surface area contributed by atoms with Gasteiger partial charge in [0.25, 0.3) is 0 Å². The molecule has 2 rings (SSSR count). The summed E-state index contributed by atoms with van der Waals surface area (Å²) in [6.45, 7) is 1.36. The Hall–Kier alpha value is -1.68. The second-order valence-electron chi connectivity index (χ2n) is 4.53. The molecule has 0 spiro atoms. The number of rotatable bonds is 4. The molecule has 4 nitrogen and oxygen atoms in total. The van der Waals surface area contributed by atoms with Crippen molar-refractivity contribution in [2.24, 2.45) is 5.41 Å². The quantitative estimate of drug-likeness (QED) is 0.776. The number of amides is 1. The summed E-state index contributed by atoms with van der Waals surface area (Å²) in [7, 11) is 0. The van der Waals surface area contributed by atoms with Crippen LogP contribution < -0.4 is 5.32 Å². The highest BCUT2D eigenvalue weighted by atomic mass is 16.3. The summed E-state index contributed by atoms with van der Waals surface area (Å²) in [4.78, 5) is 23.0. The summed E-state index contributed by atoms with van der Waals surface area (Å²) in [5.41, 5.74) is 0.575. The summed E-state index contributed by atoms with van der Waals surface area (Å²) in [5.74, 6) is -0.204. The number of benzene rings is 1. The molecule has 0 atom stereocenters. The average Bonchev–Trinajstić information content (AvgIpc) is 3.10. The van der Waals surface area contributed by atoms with E-state index in [2.05, 4.69) is 5.32 Å². The maximum atomic E-state index is 11.9. The van der Waals surface area contributed by atoms with Crippen LogP contribution in [-0.4, -0.2) is 23.4 Å². The number of Topliss-reactive ketones (excluding diaryl/α,β-unsaturated/α-hetero) is 1. The van der Waals surface area contributed by atoms with Gasteiger partial charge >= 0.3 is 0 Å². The number of carbonyl (C=O) groups is 2. The van der Waals surface area contributed by atoms with E-state index < -0.39 is 5.41 Å². The van der Waals surface area contributed by atoms with Crippen LogP contribution in [0.1, 0.15) is 30.1 Å². The summed E-state index contributed by atoms with van der Waals surface area (Å²) in [6, 6.07) is 6.81. The maximum Gasteiger partial charge on any atom is 0.232 e. The van der Waals surface area contributed by atoms with E-state index in [1.54, 1.807) is 24.3 Å². The van der Waals surface area contributed by atoms with E-state index >= 15 is 0 Å². The van der Waals surface area contributed by atoms with Crippen molar-refractivity contribution in [2.75, 3.05) is 11.9 Å². The van der Waals surface area contributed by atoms with Crippen LogP contribution in [0, 0.1) is 5.41 Å². The standard InChI is InChI=1S/C13H15NO3/c1-9(16)10-3-2-4-11(7-10)14-12(17)13(8-15)5-6-13/h2-4,7,15H,5-6,8H2,1H3,(H,14,17). The number of nitrogens with one attached hydrogen (secondary N) is 1. The Bertz CT molecular complexity index is 463. The van der Waals surface area contributed by atoms with E-state index in [1.165, 1.54) is 6.92 Å². The molecule has 17 heavy (non-hydrogen) atoms. The third-order valence-electron chi connectivity index (χ3n) is 3.16. The van der Waals surface area contributed by atoms with Gasteiger partial charge in [0.05, 0.1) is 12.0 Å². The van der Waals surface area contributed by atoms with E-state index in [1.807, 2.05) is 0 Å². The van der Waals surface area contributed by atoms with Gasteiger partial charge in [-0.15, -0.1) is 0 Å². The molecular formula is C13H15NO3. The third kappa shape index (κ3) is 2.36. The predicted octanol–water partition coefficient (Wildman–Crippen LogP) is 1.60. The van der Waals surface area contributed by atoms with Crippen molar-refractivity contribution in [3.8, 4) is 0 Å². The molecule has 2 N–H and O–H groups in total. The van der Waals surface area contributed by atoms with Crippen LogP contribution in [0.25, 0.3) is 0 Å². The minimum Gasteiger partial charge on any atom is -0.395 e. The van der Waals surface area contributed by atoms with E-state index in [0.29, 0.717) is 11.3 Å². The van der Waals surface area contributed by atoms with Crippen LogP contribution in [0.5, 0.6) is 0 Å². The zero-order valence-corrected chi connectivity index (χ0v) is 9.69. The van der Waals surface area contributed by atoms with Crippen molar-refractivity contribution in [1.29, 1.82) is 0 Å². The highest BCUT2D eigenvalue weighted by Crippen LogP contribution is 2.45. The number of anilines is 1. The lowest BCUT2D eigenvalue weighted by molar-refractivity contribution is -0.122. The van der Waals surface area contributed by atoms with Gasteiger partial charge in [-0.25, -0.2) is 0 Å². The van der Waals surface area contributed by atoms with E-state index in [9.17, 15) is 9.59 Å². The van der Waals surface area contributed by atoms with Gasteiger partial charge in [0.15, 0.2) is 5.78 Å². The Morgan fingerprint density at radius 2 is 2.12 bits per heavy atom. The summed E-state index contributed by atoms with van der Waals surface area (Å²) >= 11 is 0. The number of hydrogen-bond donors (Lipinski definition) is 2. The molecule has 1 fully saturated rings. The van der Waals surface area contributed by atoms with Crippen molar-refractivity contribution in [1.82, 2.24) is 0 Å². The van der Waals surface area contributed by atoms with E-state index in [0.717, 1.165) is 12.8 Å². The molecule has 0 bridgehead atoms. The summed E-state index contributed by atoms with van der Waals surface area (Å²) in [5, 5.41) is 11.9. The zero-order chi connectivity index (χ0) is 12.5. The first kappa shape index (κ1) is 11.8. The van der Waals surface area contributed by atoms with E-state index in [4.69, 9.17) is 5.11 Å². The van der Waals surface area contributed by atoms with Gasteiger partial charge in [-0.05, 0) is 31.9 Å². The normalized spacial score (nSPS) is 16.4. The Kier molecular flexibility index (Phi) is 2.98. The van der Waals surface area contributed by atoms with Gasteiger partial charge in [-0.2, -0.15) is 0 Å². The molecule has 4 heteroatoms. The topological polar surface area (TPSA) is 66.4 Å². The third-order valence-corrected chi connectivity index (χ3v) is 3.16. The number of aliphatic hydroxyl groups excluding tert-OH is 1. The summed E-state index contributed by atoms with van der Waals surface area (Å²) < 4.78 is 0. The van der Waals surface area contributed by atoms with Gasteiger partial charge in [0, 0.05) is 11.3 Å². The molecule has 1 aromatic carbocycles. The first-order chi connectivity index (χ1) is 8.07. The van der Waals surface area contributed by atoms with Crippen LogP contribution in [0.2, 0.25) is 0 Å². The SMILES string of the molecule is CC(=O)c1cccc(NC(=O)C2(CO)CC2)c1. The lowest BCUT2D eigenvalue weighted by Gasteiger charge is -2.12. The second-order valence-corrected chi connectivity index (χ2v) is 4.53. The van der Waals surface area contributed by atoms with Crippen molar-refractivity contribution in [3.05, 3.63) is 29.8 Å². The van der Waals surface area contributed by atoms with Gasteiger partial charge in [0.1, 0.15) is 0 Å². The van der Waals surface area contributed by atoms with Gasteiger partial charge in [0.2, 0.25) is 5.91 Å². The molecule has 1 saturated carbocycles. The molecule has 0 heterocycles. The fourth-order valence-electron chi connectivity index (χ4n) is 1.69. The number of hydrogen-bond acceptors (Lipinski definition) is 3. The van der Waals surface area contributed by atoms with Crippen molar-refractivity contribution in [2.45, 2.75) is 19.8 Å². The minimum absolute atomic E-state index is 0.0376. The zero-order valence-electron chi connectivity index (χ0n) is 9.69. The minimum atomic E-state index is -0.591. The second kappa shape index (κ2) is 4.30. The largest absolute Gasteiger partial charge is 0.395 e. The van der Waals surface area contributed by atoms with Crippen molar-refractivity contribution in [3.63, 3.8) is 0 Å². The lowest BCUT2D eigenvalue weighted by Crippen LogP contribution is -2.27. The molecule has 1 aliphatic rings. The van der Waals surface area contributed by atoms with Crippen LogP contribution in [-0.2, 0) is 4.79 Å². The molecular weight excluding hydrogens is 218 g/mol. The molecule has 1 aliphatic carbocycles. The maximum absolute atomic E-state index is 11.9. The smallest absolute Gasteiger partial charge is 0.232 e. The van der Waals surface area contributed by atoms with Gasteiger partial charge < -0.3 is 10.4 Å². The van der Waals surface area contributed by atoms with Crippen LogP contribution in [0.15, 0.2) is 24.3 Å². The molecule has 0 radical (unpaired) electrons. The Balaban J connectivity index is 2.11. The molecule has 0 aliphatic heterocycles. The molecule has 0 saturated heterocycles. The Morgan fingerprint density at radius 1 is 1.41 bits per heavy atom. The van der Waals surface area contributed by atoms with E-state index in [-0.39, 0.29) is 18.3 Å². The molecule has 0 aromatic heterocycles. The highest BCUT2D eigenvalue weighted by Gasteiger charge is 2.49. The first-order valence-electron chi connectivity index (χ1n) is 5.61. The van der Waals surface area contributed by atoms with Gasteiger partial charge in [-0.3, -0.25) is 9.59 Å². The first-order valence-corrected chi connectivity index (χ1v) is 5.61. The Labute approximate surface area is 99.6 Å². The van der Waals surface area contributed by atoms with Crippen molar-refractivity contribution >= 4 is 17.4 Å². The average molecular weight is 233 g/mol. The Morgan fingerprint density at radius 3 is 2.65 bits per heavy atom. The summed E-state index contributed by atoms with van der Waals surface area (Å²) in [6.07, 6.45) is 1.45. The van der Waals surface area contributed by atoms with Crippen LogP contribution >= 0.6 is 0 Å². The fourth-order valence-corrected chi connectivity index (χ4v) is 1.69. The predicted molar refractivity (Wildman–Crippen MR) is 63.8 cm³/mol.